The lowest BCUT2D eigenvalue weighted by Gasteiger charge is -2.27. The third-order valence-electron chi connectivity index (χ3n) is 4.86. The number of hydrogen-bond donors (Lipinski definition) is 3. The molecule has 3 rings (SSSR count). The maximum Gasteiger partial charge on any atom is 0.219 e. The van der Waals surface area contributed by atoms with Crippen LogP contribution < -0.4 is 20.1 Å². The van der Waals surface area contributed by atoms with Crippen LogP contribution in [0.5, 0.6) is 17.4 Å². The van der Waals surface area contributed by atoms with Crippen LogP contribution in [0.1, 0.15) is 38.2 Å². The van der Waals surface area contributed by atoms with Crippen molar-refractivity contribution in [3.05, 3.63) is 48.2 Å². The van der Waals surface area contributed by atoms with Gasteiger partial charge in [-0.2, -0.15) is 0 Å². The lowest BCUT2D eigenvalue weighted by Crippen LogP contribution is -2.45. The zero-order chi connectivity index (χ0) is 20.5. The van der Waals surface area contributed by atoms with Gasteiger partial charge in [0.2, 0.25) is 5.88 Å². The Bertz CT molecular complexity index is 787. The van der Waals surface area contributed by atoms with Gasteiger partial charge in [0.25, 0.3) is 0 Å². The molecular formula is C22H30N4O3. The van der Waals surface area contributed by atoms with Gasteiger partial charge in [0.1, 0.15) is 11.5 Å². The molecule has 2 aromatic rings. The van der Waals surface area contributed by atoms with Crippen LogP contribution >= 0.6 is 0 Å². The zero-order valence-electron chi connectivity index (χ0n) is 17.1. The molecular weight excluding hydrogens is 368 g/mol. The lowest BCUT2D eigenvalue weighted by atomic mass is 9.93. The predicted molar refractivity (Wildman–Crippen MR) is 114 cm³/mol. The van der Waals surface area contributed by atoms with E-state index >= 15 is 0 Å². The van der Waals surface area contributed by atoms with Crippen molar-refractivity contribution >= 4 is 5.96 Å². The van der Waals surface area contributed by atoms with E-state index in [4.69, 9.17) is 9.47 Å². The molecule has 1 aromatic heterocycles. The Balaban J connectivity index is 1.56. The molecule has 7 heteroatoms. The first-order chi connectivity index (χ1) is 14.2. The first-order valence-electron chi connectivity index (χ1n) is 10.2. The Labute approximate surface area is 172 Å². The minimum absolute atomic E-state index is 0.156. The van der Waals surface area contributed by atoms with Gasteiger partial charge in [-0.3, -0.25) is 0 Å². The maximum atomic E-state index is 9.66. The number of nitrogens with zero attached hydrogens (tertiary/aromatic N) is 2. The number of aromatic nitrogens is 1. The second kappa shape index (κ2) is 10.7. The maximum absolute atomic E-state index is 9.66. The fourth-order valence-electron chi connectivity index (χ4n) is 3.25. The highest BCUT2D eigenvalue weighted by Gasteiger charge is 2.19. The summed E-state index contributed by atoms with van der Waals surface area (Å²) in [4.78, 5) is 9.04. The van der Waals surface area contributed by atoms with Crippen LogP contribution in [0.4, 0.5) is 0 Å². The van der Waals surface area contributed by atoms with Gasteiger partial charge in [-0.25, -0.2) is 9.98 Å². The molecule has 0 unspecified atom stereocenters. The molecule has 0 aliphatic heterocycles. The number of aliphatic hydroxyl groups excluding tert-OH is 1. The Hall–Kier alpha value is -2.80. The van der Waals surface area contributed by atoms with Crippen molar-refractivity contribution in [3.63, 3.8) is 0 Å². The second-order valence-corrected chi connectivity index (χ2v) is 7.13. The van der Waals surface area contributed by atoms with Gasteiger partial charge >= 0.3 is 0 Å². The van der Waals surface area contributed by atoms with Crippen LogP contribution in [0.2, 0.25) is 0 Å². The first-order valence-corrected chi connectivity index (χ1v) is 10.2. The third-order valence-corrected chi connectivity index (χ3v) is 4.86. The number of pyridine rings is 1. The summed E-state index contributed by atoms with van der Waals surface area (Å²) >= 11 is 0. The summed E-state index contributed by atoms with van der Waals surface area (Å²) in [7, 11) is 1.63. The van der Waals surface area contributed by atoms with E-state index in [0.29, 0.717) is 24.2 Å². The van der Waals surface area contributed by atoms with Gasteiger partial charge in [0.15, 0.2) is 5.96 Å². The van der Waals surface area contributed by atoms with Crippen molar-refractivity contribution in [2.24, 2.45) is 4.99 Å². The van der Waals surface area contributed by atoms with E-state index in [9.17, 15) is 5.11 Å². The molecule has 0 bridgehead atoms. The molecule has 3 N–H and O–H groups in total. The third kappa shape index (κ3) is 6.64. The van der Waals surface area contributed by atoms with E-state index < -0.39 is 0 Å². The van der Waals surface area contributed by atoms with E-state index in [1.54, 1.807) is 13.3 Å². The number of hydrogen-bond acceptors (Lipinski definition) is 5. The number of aliphatic hydroxyl groups is 1. The number of benzene rings is 1. The molecule has 1 aromatic carbocycles. The van der Waals surface area contributed by atoms with Crippen LogP contribution in [-0.2, 0) is 6.54 Å². The van der Waals surface area contributed by atoms with E-state index in [0.717, 1.165) is 49.5 Å². The fraction of sp³-hybridized carbons (Fsp3) is 0.455. The second-order valence-electron chi connectivity index (χ2n) is 7.13. The molecule has 0 atom stereocenters. The molecule has 156 valence electrons. The molecule has 1 aliphatic rings. The average Bonchev–Trinajstić information content (AvgIpc) is 2.75. The Morgan fingerprint density at radius 1 is 1.17 bits per heavy atom. The molecule has 1 heterocycles. The summed E-state index contributed by atoms with van der Waals surface area (Å²) < 4.78 is 11.0. The number of nitrogens with one attached hydrogen (secondary N) is 2. The largest absolute Gasteiger partial charge is 0.497 e. The average molecular weight is 399 g/mol. The van der Waals surface area contributed by atoms with Gasteiger partial charge in [-0.15, -0.1) is 0 Å². The smallest absolute Gasteiger partial charge is 0.219 e. The molecule has 1 aliphatic carbocycles. The first kappa shape index (κ1) is 20.9. The number of ether oxygens (including phenoxy) is 2. The monoisotopic (exact) mass is 398 g/mol. The van der Waals surface area contributed by atoms with Gasteiger partial charge in [-0.05, 0) is 50.3 Å². The van der Waals surface area contributed by atoms with Crippen molar-refractivity contribution < 1.29 is 14.6 Å². The lowest BCUT2D eigenvalue weighted by molar-refractivity contribution is 0.120. The van der Waals surface area contributed by atoms with E-state index in [2.05, 4.69) is 20.6 Å². The van der Waals surface area contributed by atoms with Crippen LogP contribution in [0.15, 0.2) is 47.6 Å². The summed E-state index contributed by atoms with van der Waals surface area (Å²) in [5.41, 5.74) is 0.999. The van der Waals surface area contributed by atoms with Gasteiger partial charge in [0, 0.05) is 30.9 Å². The number of guanidine groups is 1. The molecule has 29 heavy (non-hydrogen) atoms. The summed E-state index contributed by atoms with van der Waals surface area (Å²) in [6.45, 7) is 3.37. The summed E-state index contributed by atoms with van der Waals surface area (Å²) in [5, 5.41) is 16.4. The highest BCUT2D eigenvalue weighted by Crippen LogP contribution is 2.24. The Morgan fingerprint density at radius 3 is 2.66 bits per heavy atom. The van der Waals surface area contributed by atoms with E-state index in [1.165, 1.54) is 0 Å². The van der Waals surface area contributed by atoms with Gasteiger partial charge in [0.05, 0.1) is 19.8 Å². The van der Waals surface area contributed by atoms with Crippen molar-refractivity contribution in [2.75, 3.05) is 13.7 Å². The number of rotatable bonds is 7. The van der Waals surface area contributed by atoms with Crippen molar-refractivity contribution in [1.82, 2.24) is 15.6 Å². The van der Waals surface area contributed by atoms with Crippen LogP contribution in [0.3, 0.4) is 0 Å². The van der Waals surface area contributed by atoms with Crippen molar-refractivity contribution in [2.45, 2.75) is 51.3 Å². The van der Waals surface area contributed by atoms with Crippen LogP contribution in [0.25, 0.3) is 0 Å². The predicted octanol–water partition coefficient (Wildman–Crippen LogP) is 3.24. The molecule has 0 amide bonds. The fourth-order valence-corrected chi connectivity index (χ4v) is 3.25. The van der Waals surface area contributed by atoms with Gasteiger partial charge < -0.3 is 25.2 Å². The quantitative estimate of drug-likeness (QED) is 0.490. The Morgan fingerprint density at radius 2 is 1.97 bits per heavy atom. The van der Waals surface area contributed by atoms with Crippen molar-refractivity contribution in [3.8, 4) is 17.4 Å². The summed E-state index contributed by atoms with van der Waals surface area (Å²) in [6, 6.07) is 11.6. The minimum Gasteiger partial charge on any atom is -0.497 e. The minimum atomic E-state index is -0.156. The number of methoxy groups -OCH3 is 1. The van der Waals surface area contributed by atoms with Crippen molar-refractivity contribution in [1.29, 1.82) is 0 Å². The van der Waals surface area contributed by atoms with E-state index in [-0.39, 0.29) is 6.10 Å². The molecule has 1 fully saturated rings. The van der Waals surface area contributed by atoms with Crippen LogP contribution in [0, 0.1) is 0 Å². The molecule has 0 spiro atoms. The standard InChI is InChI=1S/C22H30N4O3/c1-3-23-22(26-17-8-10-18(27)11-9-17)25-15-16-7-12-21(24-14-16)29-20-6-4-5-19(13-20)28-2/h4-7,12-14,17-18,27H,3,8-11,15H2,1-2H3,(H2,23,25,26). The summed E-state index contributed by atoms with van der Waals surface area (Å²) in [5.74, 6) is 2.74. The Kier molecular flexibility index (Phi) is 7.69. The molecule has 0 radical (unpaired) electrons. The topological polar surface area (TPSA) is 88.0 Å². The summed E-state index contributed by atoms with van der Waals surface area (Å²) in [6.07, 6.45) is 5.23. The normalized spacial score (nSPS) is 19.5. The molecule has 0 saturated heterocycles. The molecule has 1 saturated carbocycles. The van der Waals surface area contributed by atoms with E-state index in [1.807, 2.05) is 43.3 Å². The highest BCUT2D eigenvalue weighted by atomic mass is 16.5. The number of aliphatic imine (C=N–C) groups is 1. The molecule has 7 nitrogen and oxygen atoms in total. The highest BCUT2D eigenvalue weighted by molar-refractivity contribution is 5.80. The van der Waals surface area contributed by atoms with Gasteiger partial charge in [-0.1, -0.05) is 12.1 Å². The van der Waals surface area contributed by atoms with Crippen LogP contribution in [-0.4, -0.2) is 41.9 Å². The SMILES string of the molecule is CCNC(=NCc1ccc(Oc2cccc(OC)c2)nc1)NC1CCC(O)CC1. The zero-order valence-corrected chi connectivity index (χ0v) is 17.1.